The van der Waals surface area contributed by atoms with Gasteiger partial charge < -0.3 is 14.8 Å². The molecule has 6 nitrogen and oxygen atoms in total. The minimum Gasteiger partial charge on any atom is -0.349 e. The summed E-state index contributed by atoms with van der Waals surface area (Å²) >= 11 is 0. The highest BCUT2D eigenvalue weighted by Gasteiger charge is 2.25. The molecule has 2 unspecified atom stereocenters. The molecule has 4 aromatic rings. The van der Waals surface area contributed by atoms with E-state index in [4.69, 9.17) is 4.98 Å². The fourth-order valence-corrected chi connectivity index (χ4v) is 4.84. The summed E-state index contributed by atoms with van der Waals surface area (Å²) in [5.41, 5.74) is 4.94. The van der Waals surface area contributed by atoms with Crippen molar-refractivity contribution < 1.29 is 9.59 Å². The number of rotatable bonds is 11. The lowest BCUT2D eigenvalue weighted by Crippen LogP contribution is -2.46. The highest BCUT2D eigenvalue weighted by molar-refractivity contribution is 5.82. The number of nitrogens with zero attached hydrogens (tertiary/aromatic N) is 3. The van der Waals surface area contributed by atoms with Crippen LogP contribution in [-0.4, -0.2) is 38.3 Å². The Morgan fingerprint density at radius 1 is 0.842 bits per heavy atom. The molecule has 2 atom stereocenters. The average molecular weight is 511 g/mol. The predicted molar refractivity (Wildman–Crippen MR) is 154 cm³/mol. The van der Waals surface area contributed by atoms with Crippen LogP contribution in [0.1, 0.15) is 51.9 Å². The maximum Gasteiger partial charge on any atom is 0.243 e. The summed E-state index contributed by atoms with van der Waals surface area (Å²) < 4.78 is 1.95. The topological polar surface area (TPSA) is 67.2 Å². The first-order valence-corrected chi connectivity index (χ1v) is 13.6. The minimum absolute atomic E-state index is 0.0722. The predicted octanol–water partition coefficient (Wildman–Crippen LogP) is 5.99. The van der Waals surface area contributed by atoms with Gasteiger partial charge >= 0.3 is 0 Å². The number of nitrogens with one attached hydrogen (secondary N) is 1. The van der Waals surface area contributed by atoms with Crippen LogP contribution in [0.3, 0.4) is 0 Å². The Labute approximate surface area is 225 Å². The highest BCUT2D eigenvalue weighted by Crippen LogP contribution is 2.21. The average Bonchev–Trinajstić information content (AvgIpc) is 3.29. The van der Waals surface area contributed by atoms with Crippen molar-refractivity contribution in [3.8, 4) is 11.1 Å². The van der Waals surface area contributed by atoms with Gasteiger partial charge in [0.15, 0.2) is 0 Å². The van der Waals surface area contributed by atoms with Crippen LogP contribution < -0.4 is 5.32 Å². The Hall–Kier alpha value is -3.93. The molecular formula is C32H38N4O2. The lowest BCUT2D eigenvalue weighted by molar-refractivity contribution is -0.136. The molecule has 38 heavy (non-hydrogen) atoms. The van der Waals surface area contributed by atoms with Gasteiger partial charge in [0.25, 0.3) is 0 Å². The molecule has 4 rings (SSSR count). The molecule has 0 spiro atoms. The normalized spacial score (nSPS) is 12.7. The quantitative estimate of drug-likeness (QED) is 0.270. The largest absolute Gasteiger partial charge is 0.349 e. The third-order valence-electron chi connectivity index (χ3n) is 7.32. The number of aromatic nitrogens is 2. The number of hydrogen-bond acceptors (Lipinski definition) is 3. The maximum absolute atomic E-state index is 13.5. The number of carbonyl (C=O) groups is 2. The second-order valence-electron chi connectivity index (χ2n) is 9.93. The zero-order chi connectivity index (χ0) is 27.1. The summed E-state index contributed by atoms with van der Waals surface area (Å²) in [5.74, 6) is 0.673. The fourth-order valence-electron chi connectivity index (χ4n) is 4.84. The van der Waals surface area contributed by atoms with Crippen molar-refractivity contribution >= 4 is 22.8 Å². The first-order valence-electron chi connectivity index (χ1n) is 13.6. The number of hydrogen-bond donors (Lipinski definition) is 1. The van der Waals surface area contributed by atoms with Gasteiger partial charge in [-0.25, -0.2) is 4.98 Å². The summed E-state index contributed by atoms with van der Waals surface area (Å²) in [6.07, 6.45) is 2.08. The van der Waals surface area contributed by atoms with E-state index in [1.807, 2.05) is 76.2 Å². The highest BCUT2D eigenvalue weighted by atomic mass is 16.2. The molecule has 0 bridgehead atoms. The molecule has 0 saturated carbocycles. The Kier molecular flexibility index (Phi) is 8.95. The summed E-state index contributed by atoms with van der Waals surface area (Å²) in [5, 5.41) is 3.02. The van der Waals surface area contributed by atoms with Crippen LogP contribution in [0.15, 0.2) is 78.9 Å². The fraction of sp³-hybridized carbons (Fsp3) is 0.344. The molecule has 0 saturated heterocycles. The lowest BCUT2D eigenvalue weighted by atomic mass is 10.0. The minimum atomic E-state index is -0.0803. The van der Waals surface area contributed by atoms with E-state index in [2.05, 4.69) is 45.1 Å². The van der Waals surface area contributed by atoms with E-state index in [9.17, 15) is 9.59 Å². The van der Waals surface area contributed by atoms with Gasteiger partial charge in [-0.05, 0) is 55.5 Å². The van der Waals surface area contributed by atoms with E-state index in [0.717, 1.165) is 40.6 Å². The van der Waals surface area contributed by atoms with Crippen LogP contribution in [0.5, 0.6) is 0 Å². The van der Waals surface area contributed by atoms with Gasteiger partial charge in [0, 0.05) is 12.1 Å². The number of imidazole rings is 1. The standard InChI is InChI=1S/C32H38N4O2/c1-5-23(3)36(24(4)6-2)32(38)22-35-29-15-11-10-14-28(29)34-30(35)21-33-31(37)20-25-16-18-27(19-17-25)26-12-8-7-9-13-26/h7-19,23-24H,5-6,20-22H2,1-4H3,(H,33,37). The van der Waals surface area contributed by atoms with Crippen molar-refractivity contribution in [3.05, 3.63) is 90.3 Å². The molecule has 3 aromatic carbocycles. The van der Waals surface area contributed by atoms with Crippen molar-refractivity contribution in [1.82, 2.24) is 19.8 Å². The molecule has 1 N–H and O–H groups in total. The molecule has 0 aliphatic heterocycles. The second kappa shape index (κ2) is 12.5. The smallest absolute Gasteiger partial charge is 0.243 e. The van der Waals surface area contributed by atoms with E-state index in [0.29, 0.717) is 5.82 Å². The summed E-state index contributed by atoms with van der Waals surface area (Å²) in [7, 11) is 0. The van der Waals surface area contributed by atoms with E-state index in [-0.39, 0.29) is 43.4 Å². The Morgan fingerprint density at radius 2 is 1.45 bits per heavy atom. The lowest BCUT2D eigenvalue weighted by Gasteiger charge is -2.34. The maximum atomic E-state index is 13.5. The van der Waals surface area contributed by atoms with Crippen LogP contribution in [-0.2, 0) is 29.1 Å². The summed E-state index contributed by atoms with van der Waals surface area (Å²) in [4.78, 5) is 33.1. The molecule has 1 aromatic heterocycles. The van der Waals surface area contributed by atoms with E-state index in [1.165, 1.54) is 0 Å². The van der Waals surface area contributed by atoms with Gasteiger partial charge in [0.05, 0.1) is 24.0 Å². The van der Waals surface area contributed by atoms with E-state index >= 15 is 0 Å². The van der Waals surface area contributed by atoms with Crippen molar-refractivity contribution in [2.75, 3.05) is 0 Å². The molecule has 0 aliphatic rings. The first kappa shape index (κ1) is 27.1. The number of benzene rings is 3. The molecule has 6 heteroatoms. The van der Waals surface area contributed by atoms with Gasteiger partial charge in [-0.3, -0.25) is 9.59 Å². The molecule has 198 valence electrons. The van der Waals surface area contributed by atoms with Crippen LogP contribution in [0.4, 0.5) is 0 Å². The van der Waals surface area contributed by atoms with E-state index < -0.39 is 0 Å². The molecule has 0 aliphatic carbocycles. The summed E-state index contributed by atoms with van der Waals surface area (Å²) in [6.45, 7) is 8.87. The summed E-state index contributed by atoms with van der Waals surface area (Å²) in [6, 6.07) is 26.4. The Morgan fingerprint density at radius 3 is 2.11 bits per heavy atom. The van der Waals surface area contributed by atoms with E-state index in [1.54, 1.807) is 0 Å². The molecule has 2 amide bonds. The van der Waals surface area contributed by atoms with Gasteiger partial charge in [0.1, 0.15) is 12.4 Å². The monoisotopic (exact) mass is 510 g/mol. The van der Waals surface area contributed by atoms with Crippen molar-refractivity contribution in [2.24, 2.45) is 0 Å². The third kappa shape index (κ3) is 6.31. The number of carbonyl (C=O) groups excluding carboxylic acids is 2. The van der Waals surface area contributed by atoms with Crippen molar-refractivity contribution in [1.29, 1.82) is 0 Å². The second-order valence-corrected chi connectivity index (χ2v) is 9.93. The Bertz CT molecular complexity index is 1350. The van der Waals surface area contributed by atoms with Gasteiger partial charge in [-0.2, -0.15) is 0 Å². The number of fused-ring (bicyclic) bond motifs is 1. The van der Waals surface area contributed by atoms with Crippen molar-refractivity contribution in [2.45, 2.75) is 72.1 Å². The SMILES string of the molecule is CCC(C)N(C(=O)Cn1c(CNC(=O)Cc2ccc(-c3ccccc3)cc2)nc2ccccc21)C(C)CC. The van der Waals surface area contributed by atoms with Gasteiger partial charge in [-0.1, -0.05) is 80.6 Å². The number of amides is 2. The van der Waals surface area contributed by atoms with Crippen LogP contribution in [0.25, 0.3) is 22.2 Å². The number of para-hydroxylation sites is 2. The van der Waals surface area contributed by atoms with Crippen LogP contribution >= 0.6 is 0 Å². The van der Waals surface area contributed by atoms with Crippen molar-refractivity contribution in [3.63, 3.8) is 0 Å². The van der Waals surface area contributed by atoms with Crippen LogP contribution in [0.2, 0.25) is 0 Å². The zero-order valence-corrected chi connectivity index (χ0v) is 22.9. The Balaban J connectivity index is 1.46. The molecule has 0 fully saturated rings. The molecule has 0 radical (unpaired) electrons. The molecule has 1 heterocycles. The van der Waals surface area contributed by atoms with Gasteiger partial charge in [-0.15, -0.1) is 0 Å². The first-order chi connectivity index (χ1) is 18.4. The zero-order valence-electron chi connectivity index (χ0n) is 22.9. The van der Waals surface area contributed by atoms with Gasteiger partial charge in [0.2, 0.25) is 11.8 Å². The van der Waals surface area contributed by atoms with Crippen LogP contribution in [0, 0.1) is 0 Å². The molecular weight excluding hydrogens is 472 g/mol. The third-order valence-corrected chi connectivity index (χ3v) is 7.32.